The van der Waals surface area contributed by atoms with Crippen molar-refractivity contribution in [1.29, 1.82) is 0 Å². The van der Waals surface area contributed by atoms with E-state index in [0.29, 0.717) is 6.04 Å². The first-order valence-electron chi connectivity index (χ1n) is 6.96. The van der Waals surface area contributed by atoms with E-state index in [9.17, 15) is 4.79 Å². The van der Waals surface area contributed by atoms with Gasteiger partial charge in [-0.05, 0) is 50.3 Å². The first kappa shape index (κ1) is 12.2. The molecule has 2 heterocycles. The van der Waals surface area contributed by atoms with Crippen LogP contribution in [0.1, 0.15) is 45.8 Å². The van der Waals surface area contributed by atoms with E-state index in [1.807, 2.05) is 0 Å². The van der Waals surface area contributed by atoms with E-state index in [1.165, 1.54) is 29.7 Å². The molecule has 3 rings (SSSR count). The number of nitrogens with one attached hydrogen (secondary N) is 2. The largest absolute Gasteiger partial charge is 0.347 e. The van der Waals surface area contributed by atoms with Crippen LogP contribution in [0.5, 0.6) is 0 Å². The number of thiophene rings is 1. The van der Waals surface area contributed by atoms with Crippen LogP contribution in [-0.4, -0.2) is 25.0 Å². The molecule has 98 valence electrons. The average Bonchev–Trinajstić information content (AvgIpc) is 2.95. The molecule has 1 aliphatic heterocycles. The zero-order chi connectivity index (χ0) is 12.4. The summed E-state index contributed by atoms with van der Waals surface area (Å²) in [7, 11) is 0. The second-order valence-corrected chi connectivity index (χ2v) is 6.42. The van der Waals surface area contributed by atoms with E-state index < -0.39 is 0 Å². The normalized spacial score (nSPS) is 23.4. The molecule has 0 aromatic carbocycles. The van der Waals surface area contributed by atoms with E-state index in [1.54, 1.807) is 11.3 Å². The molecule has 1 atom stereocenters. The van der Waals surface area contributed by atoms with E-state index in [0.717, 1.165) is 37.2 Å². The van der Waals surface area contributed by atoms with Gasteiger partial charge in [-0.2, -0.15) is 0 Å². The molecule has 3 nitrogen and oxygen atoms in total. The summed E-state index contributed by atoms with van der Waals surface area (Å²) in [5, 5.41) is 6.40. The number of aryl methyl sites for hydroxylation is 2. The highest BCUT2D eigenvalue weighted by Gasteiger charge is 2.20. The number of carbonyl (C=O) groups is 1. The number of amides is 1. The molecule has 2 N–H and O–H groups in total. The Morgan fingerprint density at radius 1 is 1.33 bits per heavy atom. The van der Waals surface area contributed by atoms with Gasteiger partial charge in [0.05, 0.1) is 4.88 Å². The van der Waals surface area contributed by atoms with Gasteiger partial charge in [-0.1, -0.05) is 6.42 Å². The molecule has 1 aromatic rings. The van der Waals surface area contributed by atoms with Crippen LogP contribution in [0.25, 0.3) is 0 Å². The number of hydrogen-bond acceptors (Lipinski definition) is 3. The Balaban J connectivity index is 1.69. The molecule has 18 heavy (non-hydrogen) atoms. The maximum atomic E-state index is 12.2. The molecule has 1 aromatic heterocycles. The molecule has 1 saturated heterocycles. The predicted octanol–water partition coefficient (Wildman–Crippen LogP) is 2.11. The second kappa shape index (κ2) is 5.41. The van der Waals surface area contributed by atoms with Gasteiger partial charge in [0.2, 0.25) is 0 Å². The van der Waals surface area contributed by atoms with E-state index >= 15 is 0 Å². The van der Waals surface area contributed by atoms with Gasteiger partial charge in [-0.25, -0.2) is 0 Å². The van der Waals surface area contributed by atoms with Crippen molar-refractivity contribution in [2.45, 2.75) is 44.6 Å². The van der Waals surface area contributed by atoms with E-state index in [4.69, 9.17) is 0 Å². The average molecular weight is 264 g/mol. The molecular weight excluding hydrogens is 244 g/mol. The van der Waals surface area contributed by atoms with Gasteiger partial charge < -0.3 is 10.6 Å². The summed E-state index contributed by atoms with van der Waals surface area (Å²) >= 11 is 1.71. The summed E-state index contributed by atoms with van der Waals surface area (Å²) in [6.07, 6.45) is 7.26. The lowest BCUT2D eigenvalue weighted by Crippen LogP contribution is -2.35. The van der Waals surface area contributed by atoms with Crippen LogP contribution >= 0.6 is 11.3 Å². The van der Waals surface area contributed by atoms with Crippen molar-refractivity contribution in [2.75, 3.05) is 13.1 Å². The molecular formula is C14H20N2OS. The fourth-order valence-electron chi connectivity index (χ4n) is 2.81. The van der Waals surface area contributed by atoms with Crippen LogP contribution in [0.2, 0.25) is 0 Å². The predicted molar refractivity (Wildman–Crippen MR) is 74.3 cm³/mol. The zero-order valence-electron chi connectivity index (χ0n) is 10.6. The minimum Gasteiger partial charge on any atom is -0.347 e. The highest BCUT2D eigenvalue weighted by molar-refractivity contribution is 7.14. The molecule has 4 heteroatoms. The van der Waals surface area contributed by atoms with E-state index in [-0.39, 0.29) is 5.91 Å². The van der Waals surface area contributed by atoms with Gasteiger partial charge in [-0.15, -0.1) is 11.3 Å². The Labute approximate surface area is 112 Å². The smallest absolute Gasteiger partial charge is 0.261 e. The minimum absolute atomic E-state index is 0.127. The van der Waals surface area contributed by atoms with Crippen LogP contribution in [-0.2, 0) is 12.8 Å². The maximum Gasteiger partial charge on any atom is 0.261 e. The first-order valence-corrected chi connectivity index (χ1v) is 7.78. The van der Waals surface area contributed by atoms with E-state index in [2.05, 4.69) is 16.7 Å². The third-order valence-corrected chi connectivity index (χ3v) is 5.10. The van der Waals surface area contributed by atoms with Gasteiger partial charge in [0.15, 0.2) is 0 Å². The molecule has 0 bridgehead atoms. The summed E-state index contributed by atoms with van der Waals surface area (Å²) in [4.78, 5) is 14.5. The minimum atomic E-state index is 0.127. The topological polar surface area (TPSA) is 41.1 Å². The lowest BCUT2D eigenvalue weighted by molar-refractivity contribution is 0.0944. The molecule has 1 aliphatic carbocycles. The highest BCUT2D eigenvalue weighted by Crippen LogP contribution is 2.29. The zero-order valence-corrected chi connectivity index (χ0v) is 11.4. The summed E-state index contributed by atoms with van der Waals surface area (Å²) in [5.41, 5.74) is 1.42. The fourth-order valence-corrected chi connectivity index (χ4v) is 3.97. The monoisotopic (exact) mass is 264 g/mol. The van der Waals surface area contributed by atoms with Gasteiger partial charge in [0.25, 0.3) is 5.91 Å². The van der Waals surface area contributed by atoms with Crippen molar-refractivity contribution in [3.63, 3.8) is 0 Å². The lowest BCUT2D eigenvalue weighted by Gasteiger charge is -2.09. The quantitative estimate of drug-likeness (QED) is 0.803. The summed E-state index contributed by atoms with van der Waals surface area (Å²) in [6, 6.07) is 2.45. The molecule has 0 spiro atoms. The van der Waals surface area contributed by atoms with Crippen LogP contribution in [0.4, 0.5) is 0 Å². The second-order valence-electron chi connectivity index (χ2n) is 5.28. The first-order chi connectivity index (χ1) is 8.83. The van der Waals surface area contributed by atoms with Gasteiger partial charge in [-0.3, -0.25) is 4.79 Å². The van der Waals surface area contributed by atoms with Crippen molar-refractivity contribution in [3.8, 4) is 0 Å². The Hall–Kier alpha value is -0.870. The number of fused-ring (bicyclic) bond motifs is 1. The van der Waals surface area contributed by atoms with Crippen molar-refractivity contribution in [1.82, 2.24) is 10.6 Å². The lowest BCUT2D eigenvalue weighted by atomic mass is 10.1. The summed E-state index contributed by atoms with van der Waals surface area (Å²) < 4.78 is 0. The molecule has 1 fully saturated rings. The van der Waals surface area contributed by atoms with Crippen molar-refractivity contribution in [2.24, 2.45) is 0 Å². The summed E-state index contributed by atoms with van der Waals surface area (Å²) in [5.74, 6) is 0.127. The molecule has 2 aliphatic rings. The van der Waals surface area contributed by atoms with Crippen LogP contribution < -0.4 is 10.6 Å². The summed E-state index contributed by atoms with van der Waals surface area (Å²) in [6.45, 7) is 1.93. The Kier molecular flexibility index (Phi) is 3.66. The molecule has 1 amide bonds. The molecule has 0 unspecified atom stereocenters. The van der Waals surface area contributed by atoms with Crippen LogP contribution in [0, 0.1) is 0 Å². The van der Waals surface area contributed by atoms with Crippen LogP contribution in [0.3, 0.4) is 0 Å². The number of rotatable bonds is 2. The third kappa shape index (κ3) is 2.59. The van der Waals surface area contributed by atoms with Crippen molar-refractivity contribution < 1.29 is 4.79 Å². The van der Waals surface area contributed by atoms with Crippen molar-refractivity contribution in [3.05, 3.63) is 21.4 Å². The SMILES string of the molecule is O=C(N[C@@H]1CCNC1)c1cc2c(s1)CCCCC2. The fraction of sp³-hybridized carbons (Fsp3) is 0.643. The Bertz CT molecular complexity index is 412. The highest BCUT2D eigenvalue weighted by atomic mass is 32.1. The van der Waals surface area contributed by atoms with Gasteiger partial charge in [0.1, 0.15) is 0 Å². The van der Waals surface area contributed by atoms with Gasteiger partial charge in [0, 0.05) is 17.5 Å². The third-order valence-electron chi connectivity index (χ3n) is 3.87. The van der Waals surface area contributed by atoms with Crippen molar-refractivity contribution >= 4 is 17.2 Å². The standard InChI is InChI=1S/C14H20N2OS/c17-14(16-11-6-7-15-9-11)13-8-10-4-2-1-3-5-12(10)18-13/h8,11,15H,1-7,9H2,(H,16,17)/t11-/m1/s1. The number of hydrogen-bond donors (Lipinski definition) is 2. The molecule has 0 saturated carbocycles. The van der Waals surface area contributed by atoms with Crippen LogP contribution in [0.15, 0.2) is 6.07 Å². The maximum absolute atomic E-state index is 12.2. The van der Waals surface area contributed by atoms with Gasteiger partial charge >= 0.3 is 0 Å². The molecule has 0 radical (unpaired) electrons. The number of carbonyl (C=O) groups excluding carboxylic acids is 1. The Morgan fingerprint density at radius 3 is 3.06 bits per heavy atom. The Morgan fingerprint density at radius 2 is 2.22 bits per heavy atom.